The molecule has 2 amide bonds. The number of carboxylic acid groups (broad SMARTS) is 1. The zero-order valence-electron chi connectivity index (χ0n) is 18.2. The third kappa shape index (κ3) is 8.02. The molecule has 0 fully saturated rings. The van der Waals surface area contributed by atoms with E-state index in [2.05, 4.69) is 10.6 Å². The molecule has 0 aromatic heterocycles. The Morgan fingerprint density at radius 3 is 1.85 bits per heavy atom. The summed E-state index contributed by atoms with van der Waals surface area (Å²) in [5.41, 5.74) is 1.99. The first kappa shape index (κ1) is 27.1. The second kappa shape index (κ2) is 13.5. The number of ether oxygens (including phenoxy) is 1. The molecule has 3 aromatic rings. The number of nitrogens with one attached hydrogen (secondary N) is 2. The van der Waals surface area contributed by atoms with Gasteiger partial charge in [0.2, 0.25) is 5.91 Å². The van der Waals surface area contributed by atoms with E-state index >= 15 is 0 Å². The van der Waals surface area contributed by atoms with Gasteiger partial charge in [-0.2, -0.15) is 0 Å². The average molecular weight is 471 g/mol. The summed E-state index contributed by atoms with van der Waals surface area (Å²) >= 11 is 0. The van der Waals surface area contributed by atoms with Crippen molar-refractivity contribution in [3.05, 3.63) is 102 Å². The van der Waals surface area contributed by atoms with Gasteiger partial charge in [-0.1, -0.05) is 60.7 Å². The van der Waals surface area contributed by atoms with E-state index in [1.807, 2.05) is 30.3 Å². The SMILES string of the molecule is COc1ccc(C[C@H](NC(=O)[C@H](Cc2ccccc2)NC(=O)c2ccccc2)C(=O)O)cc1.[NaH]. The molecular formula is C26H27N2NaO5. The van der Waals surface area contributed by atoms with Gasteiger partial charge in [-0.3, -0.25) is 9.59 Å². The summed E-state index contributed by atoms with van der Waals surface area (Å²) in [6.07, 6.45) is 0.315. The number of benzene rings is 3. The second-order valence-electron chi connectivity index (χ2n) is 7.53. The molecule has 172 valence electrons. The molecule has 2 atom stereocenters. The fourth-order valence-electron chi connectivity index (χ4n) is 3.36. The molecule has 0 aliphatic rings. The molecule has 7 nitrogen and oxygen atoms in total. The summed E-state index contributed by atoms with van der Waals surface area (Å²) in [6, 6.07) is 22.7. The minimum atomic E-state index is -1.16. The molecular weight excluding hydrogens is 443 g/mol. The van der Waals surface area contributed by atoms with Crippen LogP contribution in [0.15, 0.2) is 84.9 Å². The molecule has 0 radical (unpaired) electrons. The van der Waals surface area contributed by atoms with Gasteiger partial charge in [-0.15, -0.1) is 0 Å². The van der Waals surface area contributed by atoms with Crippen LogP contribution in [0.25, 0.3) is 0 Å². The van der Waals surface area contributed by atoms with E-state index in [1.54, 1.807) is 61.7 Å². The Bertz CT molecular complexity index is 1080. The molecule has 0 unspecified atom stereocenters. The van der Waals surface area contributed by atoms with Crippen LogP contribution in [0.2, 0.25) is 0 Å². The fraction of sp³-hybridized carbons (Fsp3) is 0.192. The van der Waals surface area contributed by atoms with E-state index in [9.17, 15) is 19.5 Å². The van der Waals surface area contributed by atoms with E-state index < -0.39 is 29.9 Å². The summed E-state index contributed by atoms with van der Waals surface area (Å²) in [5, 5.41) is 15.0. The molecule has 8 heteroatoms. The van der Waals surface area contributed by atoms with Crippen molar-refractivity contribution in [2.75, 3.05) is 7.11 Å². The summed E-state index contributed by atoms with van der Waals surface area (Å²) in [7, 11) is 1.55. The standard InChI is InChI=1S/C26H26N2O5.Na.H/c1-33-21-14-12-19(13-15-21)17-23(26(31)32)28-25(30)22(16-18-8-4-2-5-9-18)27-24(29)20-10-6-3-7-11-20;;/h2-15,22-23H,16-17H2,1H3,(H,27,29)(H,28,30)(H,31,32);;/t22-,23-;;/m0../s1. The summed E-state index contributed by atoms with van der Waals surface area (Å²) in [5.74, 6) is -1.48. The second-order valence-corrected chi connectivity index (χ2v) is 7.53. The van der Waals surface area contributed by atoms with Gasteiger partial charge < -0.3 is 20.5 Å². The first-order valence-electron chi connectivity index (χ1n) is 10.5. The zero-order chi connectivity index (χ0) is 23.6. The monoisotopic (exact) mass is 470 g/mol. The van der Waals surface area contributed by atoms with Crippen LogP contribution in [0.4, 0.5) is 0 Å². The number of carboxylic acids is 1. The van der Waals surface area contributed by atoms with Crippen LogP contribution < -0.4 is 15.4 Å². The number of rotatable bonds is 10. The van der Waals surface area contributed by atoms with Crippen molar-refractivity contribution in [3.8, 4) is 5.75 Å². The molecule has 3 N–H and O–H groups in total. The van der Waals surface area contributed by atoms with Crippen LogP contribution in [-0.4, -0.2) is 71.6 Å². The molecule has 3 rings (SSSR count). The van der Waals surface area contributed by atoms with E-state index in [4.69, 9.17) is 4.74 Å². The first-order valence-corrected chi connectivity index (χ1v) is 10.5. The van der Waals surface area contributed by atoms with Gasteiger partial charge in [0, 0.05) is 18.4 Å². The first-order chi connectivity index (χ1) is 16.0. The Kier molecular flexibility index (Phi) is 10.8. The van der Waals surface area contributed by atoms with Crippen LogP contribution in [0.3, 0.4) is 0 Å². The third-order valence-electron chi connectivity index (χ3n) is 5.15. The Balaban J connectivity index is 0.00000408. The number of hydrogen-bond donors (Lipinski definition) is 3. The van der Waals surface area contributed by atoms with Gasteiger partial charge in [0.25, 0.3) is 5.91 Å². The predicted octanol–water partition coefficient (Wildman–Crippen LogP) is 2.20. The number of methoxy groups -OCH3 is 1. The van der Waals surface area contributed by atoms with Gasteiger partial charge >= 0.3 is 35.5 Å². The van der Waals surface area contributed by atoms with Gasteiger partial charge in [0.1, 0.15) is 17.8 Å². The van der Waals surface area contributed by atoms with Crippen molar-refractivity contribution in [1.82, 2.24) is 10.6 Å². The molecule has 0 saturated carbocycles. The Hall–Kier alpha value is -3.13. The molecule has 0 heterocycles. The Morgan fingerprint density at radius 1 is 0.765 bits per heavy atom. The summed E-state index contributed by atoms with van der Waals surface area (Å²) in [4.78, 5) is 37.7. The van der Waals surface area contributed by atoms with Crippen LogP contribution in [-0.2, 0) is 22.4 Å². The number of amides is 2. The van der Waals surface area contributed by atoms with Crippen LogP contribution in [0, 0.1) is 0 Å². The van der Waals surface area contributed by atoms with Gasteiger partial charge in [-0.05, 0) is 35.4 Å². The normalized spacial score (nSPS) is 11.9. The molecule has 0 aliphatic carbocycles. The van der Waals surface area contributed by atoms with Crippen molar-refractivity contribution in [1.29, 1.82) is 0 Å². The van der Waals surface area contributed by atoms with E-state index in [0.29, 0.717) is 11.3 Å². The molecule has 0 aliphatic heterocycles. The topological polar surface area (TPSA) is 105 Å². The number of carbonyl (C=O) groups is 3. The van der Waals surface area contributed by atoms with Crippen molar-refractivity contribution in [2.45, 2.75) is 24.9 Å². The molecule has 3 aromatic carbocycles. The van der Waals surface area contributed by atoms with E-state index in [1.165, 1.54) is 0 Å². The summed E-state index contributed by atoms with van der Waals surface area (Å²) in [6.45, 7) is 0. The van der Waals surface area contributed by atoms with Crippen LogP contribution >= 0.6 is 0 Å². The average Bonchev–Trinajstić information content (AvgIpc) is 2.84. The van der Waals surface area contributed by atoms with Gasteiger partial charge in [-0.25, -0.2) is 4.79 Å². The quantitative estimate of drug-likeness (QED) is 0.394. The number of carbonyl (C=O) groups excluding carboxylic acids is 2. The number of hydrogen-bond acceptors (Lipinski definition) is 4. The van der Waals surface area contributed by atoms with E-state index in [-0.39, 0.29) is 42.4 Å². The molecule has 0 bridgehead atoms. The third-order valence-corrected chi connectivity index (χ3v) is 5.15. The Morgan fingerprint density at radius 2 is 1.29 bits per heavy atom. The molecule has 34 heavy (non-hydrogen) atoms. The van der Waals surface area contributed by atoms with E-state index in [0.717, 1.165) is 11.1 Å². The van der Waals surface area contributed by atoms with Crippen LogP contribution in [0.1, 0.15) is 21.5 Å². The van der Waals surface area contributed by atoms with Crippen LogP contribution in [0.5, 0.6) is 5.75 Å². The predicted molar refractivity (Wildman–Crippen MR) is 131 cm³/mol. The van der Waals surface area contributed by atoms with Crippen molar-refractivity contribution < 1.29 is 24.2 Å². The van der Waals surface area contributed by atoms with Gasteiger partial charge in [0.15, 0.2) is 0 Å². The van der Waals surface area contributed by atoms with Gasteiger partial charge in [0.05, 0.1) is 7.11 Å². The number of aliphatic carboxylic acids is 1. The van der Waals surface area contributed by atoms with Crippen molar-refractivity contribution in [2.24, 2.45) is 0 Å². The van der Waals surface area contributed by atoms with Crippen molar-refractivity contribution in [3.63, 3.8) is 0 Å². The fourth-order valence-corrected chi connectivity index (χ4v) is 3.36. The zero-order valence-corrected chi connectivity index (χ0v) is 18.2. The minimum absolute atomic E-state index is 0. The Labute approximate surface area is 220 Å². The maximum absolute atomic E-state index is 13.1. The molecule has 0 spiro atoms. The van der Waals surface area contributed by atoms with Crippen molar-refractivity contribution >= 4 is 47.3 Å². The maximum atomic E-state index is 13.1. The molecule has 0 saturated heterocycles. The summed E-state index contributed by atoms with van der Waals surface area (Å²) < 4.78 is 5.12.